The Bertz CT molecular complexity index is 643. The van der Waals surface area contributed by atoms with Gasteiger partial charge in [-0.05, 0) is 25.0 Å². The van der Waals surface area contributed by atoms with Crippen LogP contribution in [0.25, 0.3) is 11.0 Å². The molecule has 0 atom stereocenters. The third-order valence-corrected chi connectivity index (χ3v) is 4.03. The number of fused-ring (bicyclic) bond motifs is 1. The van der Waals surface area contributed by atoms with Gasteiger partial charge in [0.2, 0.25) is 0 Å². The van der Waals surface area contributed by atoms with Crippen molar-refractivity contribution in [3.05, 3.63) is 30.1 Å². The fraction of sp³-hybridized carbons (Fsp3) is 0.500. The maximum atomic E-state index is 8.82. The molecule has 0 aliphatic rings. The van der Waals surface area contributed by atoms with Crippen LogP contribution in [-0.2, 0) is 13.0 Å². The van der Waals surface area contributed by atoms with Crippen LogP contribution < -0.4 is 5.73 Å². The Hall–Kier alpha value is -2.04. The molecule has 0 spiro atoms. The van der Waals surface area contributed by atoms with Gasteiger partial charge in [-0.15, -0.1) is 0 Å². The van der Waals surface area contributed by atoms with E-state index < -0.39 is 0 Å². The molecule has 1 aromatic heterocycles. The van der Waals surface area contributed by atoms with Crippen LogP contribution in [0.3, 0.4) is 0 Å². The van der Waals surface area contributed by atoms with E-state index in [0.717, 1.165) is 37.1 Å². The molecule has 0 bridgehead atoms. The lowest BCUT2D eigenvalue weighted by Gasteiger charge is -2.23. The van der Waals surface area contributed by atoms with E-state index in [2.05, 4.69) is 27.7 Å². The molecule has 5 heteroatoms. The molecule has 0 amide bonds. The molecule has 0 fully saturated rings. The summed E-state index contributed by atoms with van der Waals surface area (Å²) < 4.78 is 2.28. The topological polar surface area (TPSA) is 76.4 Å². The monoisotopic (exact) mass is 288 g/mol. The van der Waals surface area contributed by atoms with Crippen LogP contribution in [0.4, 0.5) is 0 Å². The van der Waals surface area contributed by atoms with Crippen LogP contribution in [-0.4, -0.2) is 20.6 Å². The number of nitrogens with zero attached hydrogens (tertiary/aromatic N) is 3. The Morgan fingerprint density at radius 1 is 1.38 bits per heavy atom. The molecule has 0 saturated heterocycles. The molecule has 0 unspecified atom stereocenters. The average molecular weight is 288 g/mol. The quantitative estimate of drug-likeness (QED) is 0.371. The SMILES string of the molecule is CCc1nc2ccccc2n1CCCC(C)(C)C(N)=NO. The van der Waals surface area contributed by atoms with Gasteiger partial charge in [-0.1, -0.05) is 38.1 Å². The summed E-state index contributed by atoms with van der Waals surface area (Å²) in [6.45, 7) is 7.01. The van der Waals surface area contributed by atoms with E-state index in [-0.39, 0.29) is 11.3 Å². The maximum Gasteiger partial charge on any atom is 0.144 e. The molecule has 114 valence electrons. The highest BCUT2D eigenvalue weighted by molar-refractivity contribution is 5.85. The molecular formula is C16H24N4O. The highest BCUT2D eigenvalue weighted by Crippen LogP contribution is 2.24. The Morgan fingerprint density at radius 3 is 2.76 bits per heavy atom. The second kappa shape index (κ2) is 6.16. The van der Waals surface area contributed by atoms with Crippen LogP contribution in [0, 0.1) is 5.41 Å². The molecule has 0 saturated carbocycles. The van der Waals surface area contributed by atoms with Crippen LogP contribution in [0.15, 0.2) is 29.4 Å². The number of hydrogen-bond donors (Lipinski definition) is 2. The van der Waals surface area contributed by atoms with E-state index in [1.54, 1.807) is 0 Å². The smallest absolute Gasteiger partial charge is 0.144 e. The van der Waals surface area contributed by atoms with Gasteiger partial charge in [-0.3, -0.25) is 0 Å². The lowest BCUT2D eigenvalue weighted by Crippen LogP contribution is -2.32. The summed E-state index contributed by atoms with van der Waals surface area (Å²) in [6.07, 6.45) is 2.73. The molecule has 1 aromatic carbocycles. The molecule has 0 radical (unpaired) electrons. The van der Waals surface area contributed by atoms with Gasteiger partial charge < -0.3 is 15.5 Å². The Labute approximate surface area is 125 Å². The van der Waals surface area contributed by atoms with E-state index in [0.29, 0.717) is 0 Å². The predicted molar refractivity (Wildman–Crippen MR) is 85.5 cm³/mol. The minimum absolute atomic E-state index is 0.286. The minimum Gasteiger partial charge on any atom is -0.409 e. The van der Waals surface area contributed by atoms with E-state index >= 15 is 0 Å². The molecule has 0 aliphatic carbocycles. The van der Waals surface area contributed by atoms with E-state index in [1.807, 2.05) is 32.0 Å². The summed E-state index contributed by atoms with van der Waals surface area (Å²) in [4.78, 5) is 4.67. The number of benzene rings is 1. The Morgan fingerprint density at radius 2 is 2.10 bits per heavy atom. The van der Waals surface area contributed by atoms with Gasteiger partial charge in [0.15, 0.2) is 0 Å². The maximum absolute atomic E-state index is 8.82. The molecule has 3 N–H and O–H groups in total. The third-order valence-electron chi connectivity index (χ3n) is 4.03. The van der Waals surface area contributed by atoms with Crippen LogP contribution >= 0.6 is 0 Å². The van der Waals surface area contributed by atoms with Gasteiger partial charge in [0, 0.05) is 18.4 Å². The number of imidazole rings is 1. The number of rotatable bonds is 6. The first kappa shape index (κ1) is 15.4. The van der Waals surface area contributed by atoms with Crippen molar-refractivity contribution >= 4 is 16.9 Å². The van der Waals surface area contributed by atoms with Crippen molar-refractivity contribution in [3.63, 3.8) is 0 Å². The Kier molecular flexibility index (Phi) is 4.50. The highest BCUT2D eigenvalue weighted by Gasteiger charge is 2.23. The number of oxime groups is 1. The summed E-state index contributed by atoms with van der Waals surface area (Å²) in [6, 6.07) is 8.21. The largest absolute Gasteiger partial charge is 0.409 e. The van der Waals surface area contributed by atoms with Crippen molar-refractivity contribution in [2.75, 3.05) is 0 Å². The van der Waals surface area contributed by atoms with Crippen molar-refractivity contribution in [1.29, 1.82) is 0 Å². The average Bonchev–Trinajstić information content (AvgIpc) is 2.84. The predicted octanol–water partition coefficient (Wildman–Crippen LogP) is 3.15. The molecular weight excluding hydrogens is 264 g/mol. The molecule has 0 aliphatic heterocycles. The minimum atomic E-state index is -0.294. The number of nitrogens with two attached hydrogens (primary N) is 1. The van der Waals surface area contributed by atoms with Crippen LogP contribution in [0.5, 0.6) is 0 Å². The normalized spacial score (nSPS) is 13.0. The molecule has 21 heavy (non-hydrogen) atoms. The Balaban J connectivity index is 2.14. The lowest BCUT2D eigenvalue weighted by atomic mass is 9.86. The van der Waals surface area contributed by atoms with Crippen molar-refractivity contribution in [2.45, 2.75) is 46.6 Å². The molecule has 1 heterocycles. The van der Waals surface area contributed by atoms with Gasteiger partial charge in [0.1, 0.15) is 11.7 Å². The van der Waals surface area contributed by atoms with Gasteiger partial charge in [-0.2, -0.15) is 0 Å². The number of amidine groups is 1. The molecule has 2 aromatic rings. The standard InChI is InChI=1S/C16H24N4O/c1-4-14-18-12-8-5-6-9-13(12)20(14)11-7-10-16(2,3)15(17)19-21/h5-6,8-9,21H,4,7,10-11H2,1-3H3,(H2,17,19). The van der Waals surface area contributed by atoms with Crippen molar-refractivity contribution in [3.8, 4) is 0 Å². The van der Waals surface area contributed by atoms with Gasteiger partial charge in [0.05, 0.1) is 11.0 Å². The van der Waals surface area contributed by atoms with Gasteiger partial charge >= 0.3 is 0 Å². The molecule has 2 rings (SSSR count). The van der Waals surface area contributed by atoms with Gasteiger partial charge in [0.25, 0.3) is 0 Å². The zero-order chi connectivity index (χ0) is 15.5. The fourth-order valence-electron chi connectivity index (χ4n) is 2.59. The summed E-state index contributed by atoms with van der Waals surface area (Å²) in [5, 5.41) is 12.0. The first-order valence-corrected chi connectivity index (χ1v) is 7.41. The second-order valence-corrected chi connectivity index (χ2v) is 5.99. The number of aromatic nitrogens is 2. The van der Waals surface area contributed by atoms with Crippen LogP contribution in [0.1, 0.15) is 39.4 Å². The number of hydrogen-bond acceptors (Lipinski definition) is 3. The number of para-hydroxylation sites is 2. The van der Waals surface area contributed by atoms with Crippen molar-refractivity contribution < 1.29 is 5.21 Å². The van der Waals surface area contributed by atoms with Crippen molar-refractivity contribution in [2.24, 2.45) is 16.3 Å². The summed E-state index contributed by atoms with van der Waals surface area (Å²) in [5.41, 5.74) is 7.67. The number of aryl methyl sites for hydroxylation is 2. The summed E-state index contributed by atoms with van der Waals surface area (Å²) >= 11 is 0. The van der Waals surface area contributed by atoms with E-state index in [4.69, 9.17) is 10.9 Å². The first-order valence-electron chi connectivity index (χ1n) is 7.41. The first-order chi connectivity index (χ1) is 9.99. The summed E-state index contributed by atoms with van der Waals surface area (Å²) in [7, 11) is 0. The third kappa shape index (κ3) is 3.17. The summed E-state index contributed by atoms with van der Waals surface area (Å²) in [5.74, 6) is 1.39. The lowest BCUT2D eigenvalue weighted by molar-refractivity contribution is 0.304. The zero-order valence-electron chi connectivity index (χ0n) is 13.0. The van der Waals surface area contributed by atoms with E-state index in [9.17, 15) is 0 Å². The van der Waals surface area contributed by atoms with E-state index in [1.165, 1.54) is 5.52 Å². The fourth-order valence-corrected chi connectivity index (χ4v) is 2.59. The van der Waals surface area contributed by atoms with Crippen LogP contribution in [0.2, 0.25) is 0 Å². The van der Waals surface area contributed by atoms with Gasteiger partial charge in [-0.25, -0.2) is 4.98 Å². The highest BCUT2D eigenvalue weighted by atomic mass is 16.4. The zero-order valence-corrected chi connectivity index (χ0v) is 13.0. The van der Waals surface area contributed by atoms with Crippen molar-refractivity contribution in [1.82, 2.24) is 9.55 Å². The molecule has 5 nitrogen and oxygen atoms in total. The second-order valence-electron chi connectivity index (χ2n) is 5.99.